The lowest BCUT2D eigenvalue weighted by molar-refractivity contribution is 0.0497. The van der Waals surface area contributed by atoms with E-state index in [4.69, 9.17) is 4.98 Å². The van der Waals surface area contributed by atoms with Gasteiger partial charge in [0.25, 0.3) is 5.91 Å². The monoisotopic (exact) mass is 377 g/mol. The van der Waals surface area contributed by atoms with E-state index in [0.717, 1.165) is 29.8 Å². The van der Waals surface area contributed by atoms with Crippen molar-refractivity contribution in [2.45, 2.75) is 32.9 Å². The summed E-state index contributed by atoms with van der Waals surface area (Å²) in [4.78, 5) is 22.5. The van der Waals surface area contributed by atoms with Gasteiger partial charge in [0.2, 0.25) is 0 Å². The maximum Gasteiger partial charge on any atom is 0.256 e. The number of likely N-dealkylation sites (N-methyl/N-ethyl adjacent to an activating group) is 1. The Balaban J connectivity index is 1.72. The molecule has 28 heavy (non-hydrogen) atoms. The largest absolute Gasteiger partial charge is 0.329 e. The fourth-order valence-electron chi connectivity index (χ4n) is 3.94. The molecule has 0 saturated carbocycles. The molecule has 0 aliphatic carbocycles. The molecule has 4 rings (SSSR count). The highest BCUT2D eigenvalue weighted by Crippen LogP contribution is 2.28. The number of aromatic nitrogens is 3. The minimum absolute atomic E-state index is 0.0425. The van der Waals surface area contributed by atoms with E-state index >= 15 is 0 Å². The van der Waals surface area contributed by atoms with Gasteiger partial charge in [-0.25, -0.2) is 9.67 Å². The minimum atomic E-state index is 0.0425. The predicted octanol–water partition coefficient (Wildman–Crippen LogP) is 3.45. The quantitative estimate of drug-likeness (QED) is 0.702. The molecule has 3 heterocycles. The number of carbonyl (C=O) groups is 1. The molecule has 3 aromatic rings. The third kappa shape index (κ3) is 3.29. The highest BCUT2D eigenvalue weighted by molar-refractivity contribution is 5.98. The first kappa shape index (κ1) is 18.6. The van der Waals surface area contributed by atoms with Crippen LogP contribution in [0.5, 0.6) is 0 Å². The highest BCUT2D eigenvalue weighted by atomic mass is 16.2. The van der Waals surface area contributed by atoms with E-state index in [1.165, 1.54) is 5.56 Å². The van der Waals surface area contributed by atoms with Crippen LogP contribution in [0.15, 0.2) is 42.6 Å². The summed E-state index contributed by atoms with van der Waals surface area (Å²) in [6, 6.07) is 12.5. The topological polar surface area (TPSA) is 54.3 Å². The highest BCUT2D eigenvalue weighted by Gasteiger charge is 2.32. The molecule has 0 radical (unpaired) electrons. The summed E-state index contributed by atoms with van der Waals surface area (Å²) in [5.74, 6) is 0.0474. The maximum atomic E-state index is 13.5. The number of benzene rings is 1. The van der Waals surface area contributed by atoms with E-state index in [-0.39, 0.29) is 18.0 Å². The van der Waals surface area contributed by atoms with Crippen molar-refractivity contribution in [1.29, 1.82) is 0 Å². The van der Waals surface area contributed by atoms with Gasteiger partial charge in [-0.1, -0.05) is 30.3 Å². The number of pyridine rings is 1. The SMILES string of the molecule is Cc1nc2c(cnn2C(C)C)cc1C(=O)N1CCN(C)CC1c1ccccc1. The first-order chi connectivity index (χ1) is 13.5. The van der Waals surface area contributed by atoms with Crippen LogP contribution in [0, 0.1) is 6.92 Å². The lowest BCUT2D eigenvalue weighted by Crippen LogP contribution is -2.49. The Morgan fingerprint density at radius 3 is 2.64 bits per heavy atom. The smallest absolute Gasteiger partial charge is 0.256 e. The second-order valence-electron chi connectivity index (χ2n) is 7.90. The average Bonchev–Trinajstić information content (AvgIpc) is 3.10. The van der Waals surface area contributed by atoms with Gasteiger partial charge in [0.15, 0.2) is 5.65 Å². The zero-order chi connectivity index (χ0) is 19.8. The van der Waals surface area contributed by atoms with E-state index in [1.54, 1.807) is 6.20 Å². The number of carbonyl (C=O) groups excluding carboxylic acids is 1. The zero-order valence-electron chi connectivity index (χ0n) is 17.0. The van der Waals surface area contributed by atoms with Gasteiger partial charge in [-0.15, -0.1) is 0 Å². The molecule has 1 atom stereocenters. The molecule has 1 aromatic carbocycles. The summed E-state index contributed by atoms with van der Waals surface area (Å²) in [6.07, 6.45) is 1.80. The van der Waals surface area contributed by atoms with Crippen molar-refractivity contribution in [2.24, 2.45) is 0 Å². The number of piperazine rings is 1. The van der Waals surface area contributed by atoms with Crippen molar-refractivity contribution < 1.29 is 4.79 Å². The van der Waals surface area contributed by atoms with Crippen LogP contribution in [0.25, 0.3) is 11.0 Å². The first-order valence-electron chi connectivity index (χ1n) is 9.85. The Kier molecular flexibility index (Phi) is 4.89. The van der Waals surface area contributed by atoms with Gasteiger partial charge in [-0.05, 0) is 39.4 Å². The summed E-state index contributed by atoms with van der Waals surface area (Å²) < 4.78 is 1.90. The summed E-state index contributed by atoms with van der Waals surface area (Å²) >= 11 is 0. The number of hydrogen-bond donors (Lipinski definition) is 0. The van der Waals surface area contributed by atoms with Crippen LogP contribution in [0.4, 0.5) is 0 Å². The Labute approximate surface area is 165 Å². The molecule has 1 unspecified atom stereocenters. The molecule has 1 aliphatic heterocycles. The fourth-order valence-corrected chi connectivity index (χ4v) is 3.94. The van der Waals surface area contributed by atoms with Gasteiger partial charge in [-0.3, -0.25) is 4.79 Å². The molecule has 146 valence electrons. The molecular weight excluding hydrogens is 350 g/mol. The van der Waals surface area contributed by atoms with Gasteiger partial charge in [0.1, 0.15) is 0 Å². The minimum Gasteiger partial charge on any atom is -0.329 e. The molecule has 0 bridgehead atoms. The van der Waals surface area contributed by atoms with Crippen molar-refractivity contribution in [3.8, 4) is 0 Å². The molecule has 6 nitrogen and oxygen atoms in total. The number of fused-ring (bicyclic) bond motifs is 1. The first-order valence-corrected chi connectivity index (χ1v) is 9.85. The van der Waals surface area contributed by atoms with E-state index in [2.05, 4.69) is 43.0 Å². The van der Waals surface area contributed by atoms with Gasteiger partial charge in [0, 0.05) is 31.1 Å². The Bertz CT molecular complexity index is 995. The van der Waals surface area contributed by atoms with Crippen molar-refractivity contribution >= 4 is 16.9 Å². The van der Waals surface area contributed by atoms with Crippen LogP contribution in [-0.2, 0) is 0 Å². The number of hydrogen-bond acceptors (Lipinski definition) is 4. The molecule has 6 heteroatoms. The summed E-state index contributed by atoms with van der Waals surface area (Å²) in [7, 11) is 2.11. The normalized spacial score (nSPS) is 18.2. The fraction of sp³-hybridized carbons (Fsp3) is 0.409. The Morgan fingerprint density at radius 1 is 1.18 bits per heavy atom. The van der Waals surface area contributed by atoms with Crippen molar-refractivity contribution in [1.82, 2.24) is 24.6 Å². The number of amides is 1. The molecule has 1 fully saturated rings. The average molecular weight is 377 g/mol. The standard InChI is InChI=1S/C22H27N5O/c1-15(2)27-21-18(13-23-27)12-19(16(3)24-21)22(28)26-11-10-25(4)14-20(26)17-8-6-5-7-9-17/h5-9,12-13,15,20H,10-11,14H2,1-4H3. The van der Waals surface area contributed by atoms with Crippen LogP contribution in [0.1, 0.15) is 47.5 Å². The molecule has 0 spiro atoms. The van der Waals surface area contributed by atoms with Crippen molar-refractivity contribution in [3.05, 3.63) is 59.4 Å². The zero-order valence-corrected chi connectivity index (χ0v) is 17.0. The Hall–Kier alpha value is -2.73. The van der Waals surface area contributed by atoms with E-state index in [0.29, 0.717) is 12.1 Å². The van der Waals surface area contributed by atoms with Crippen LogP contribution < -0.4 is 0 Å². The summed E-state index contributed by atoms with van der Waals surface area (Å²) in [6.45, 7) is 8.48. The molecule has 1 amide bonds. The van der Waals surface area contributed by atoms with Crippen LogP contribution in [0.3, 0.4) is 0 Å². The van der Waals surface area contributed by atoms with Gasteiger partial charge in [0.05, 0.1) is 23.5 Å². The second kappa shape index (κ2) is 7.36. The lowest BCUT2D eigenvalue weighted by atomic mass is 10.0. The summed E-state index contributed by atoms with van der Waals surface area (Å²) in [5, 5.41) is 5.35. The van der Waals surface area contributed by atoms with Gasteiger partial charge in [-0.2, -0.15) is 5.10 Å². The number of aryl methyl sites for hydroxylation is 1. The third-order valence-corrected chi connectivity index (χ3v) is 5.51. The van der Waals surface area contributed by atoms with E-state index < -0.39 is 0 Å². The van der Waals surface area contributed by atoms with Crippen molar-refractivity contribution in [2.75, 3.05) is 26.7 Å². The van der Waals surface area contributed by atoms with E-state index in [1.807, 2.05) is 40.8 Å². The van der Waals surface area contributed by atoms with Crippen LogP contribution in [0.2, 0.25) is 0 Å². The molecule has 1 saturated heterocycles. The number of nitrogens with zero attached hydrogens (tertiary/aromatic N) is 5. The Morgan fingerprint density at radius 2 is 1.93 bits per heavy atom. The van der Waals surface area contributed by atoms with E-state index in [9.17, 15) is 4.79 Å². The van der Waals surface area contributed by atoms with Gasteiger partial charge < -0.3 is 9.80 Å². The third-order valence-electron chi connectivity index (χ3n) is 5.51. The predicted molar refractivity (Wildman–Crippen MR) is 110 cm³/mol. The molecule has 0 N–H and O–H groups in total. The summed E-state index contributed by atoms with van der Waals surface area (Å²) in [5.41, 5.74) is 3.43. The molecule has 1 aliphatic rings. The molecule has 2 aromatic heterocycles. The van der Waals surface area contributed by atoms with Crippen LogP contribution >= 0.6 is 0 Å². The van der Waals surface area contributed by atoms with Crippen molar-refractivity contribution in [3.63, 3.8) is 0 Å². The lowest BCUT2D eigenvalue weighted by Gasteiger charge is -2.40. The second-order valence-corrected chi connectivity index (χ2v) is 7.90. The molecular formula is C22H27N5O. The number of rotatable bonds is 3. The van der Waals surface area contributed by atoms with Gasteiger partial charge >= 0.3 is 0 Å². The maximum absolute atomic E-state index is 13.5. The van der Waals surface area contributed by atoms with Crippen LogP contribution in [-0.4, -0.2) is 57.2 Å².